The number of guanidine groups is 1. The molecule has 1 aromatic carbocycles. The lowest BCUT2D eigenvalue weighted by Crippen LogP contribution is -2.38. The second kappa shape index (κ2) is 9.20. The molecule has 1 aromatic rings. The van der Waals surface area contributed by atoms with Gasteiger partial charge in [0, 0.05) is 13.1 Å². The number of hydrogen-bond acceptors (Lipinski definition) is 2. The van der Waals surface area contributed by atoms with E-state index in [2.05, 4.69) is 21.7 Å². The van der Waals surface area contributed by atoms with E-state index in [1.165, 1.54) is 17.7 Å². The van der Waals surface area contributed by atoms with Crippen LogP contribution in [0.5, 0.6) is 0 Å². The average Bonchev–Trinajstić information content (AvgIpc) is 2.55. The lowest BCUT2D eigenvalue weighted by Gasteiger charge is -2.15. The van der Waals surface area contributed by atoms with Gasteiger partial charge in [0.05, 0.1) is 19.8 Å². The number of ether oxygens (including phenoxy) is 1. The molecular weight excluding hydrogens is 281 g/mol. The lowest BCUT2D eigenvalue weighted by molar-refractivity contribution is 0.153. The standard InChI is InChI=1S/C17H24FN3O/c1-2-19-17(20-10-7-14-8-11-22-12-9-14)21-13-15-3-5-16(18)6-4-15/h3-6,8H,2,7,9-13H2,1H3,(H2,19,20,21). The molecule has 1 heterocycles. The molecule has 1 aliphatic heterocycles. The molecule has 2 rings (SSSR count). The minimum atomic E-state index is -0.220. The summed E-state index contributed by atoms with van der Waals surface area (Å²) in [6, 6.07) is 6.44. The van der Waals surface area contributed by atoms with Gasteiger partial charge in [-0.05, 0) is 37.5 Å². The van der Waals surface area contributed by atoms with Gasteiger partial charge in [-0.3, -0.25) is 0 Å². The monoisotopic (exact) mass is 305 g/mol. The quantitative estimate of drug-likeness (QED) is 0.482. The zero-order chi connectivity index (χ0) is 15.6. The van der Waals surface area contributed by atoms with Crippen molar-refractivity contribution in [2.45, 2.75) is 26.3 Å². The highest BCUT2D eigenvalue weighted by Crippen LogP contribution is 2.10. The average molecular weight is 305 g/mol. The number of nitrogens with one attached hydrogen (secondary N) is 2. The molecule has 0 bridgehead atoms. The first-order valence-corrected chi connectivity index (χ1v) is 7.80. The third kappa shape index (κ3) is 5.85. The number of halogens is 1. The van der Waals surface area contributed by atoms with Crippen molar-refractivity contribution in [3.05, 3.63) is 47.3 Å². The van der Waals surface area contributed by atoms with Crippen LogP contribution in [-0.2, 0) is 11.3 Å². The normalized spacial score (nSPS) is 15.4. The summed E-state index contributed by atoms with van der Waals surface area (Å²) in [5.74, 6) is 0.571. The Bertz CT molecular complexity index is 511. The molecule has 0 atom stereocenters. The van der Waals surface area contributed by atoms with Crippen molar-refractivity contribution in [3.63, 3.8) is 0 Å². The molecule has 5 heteroatoms. The predicted octanol–water partition coefficient (Wildman–Crippen LogP) is 2.62. The molecule has 0 aromatic heterocycles. The van der Waals surface area contributed by atoms with Gasteiger partial charge in [-0.2, -0.15) is 0 Å². The van der Waals surface area contributed by atoms with E-state index in [1.54, 1.807) is 12.1 Å². The van der Waals surface area contributed by atoms with Crippen LogP contribution >= 0.6 is 0 Å². The molecular formula is C17H24FN3O. The Morgan fingerprint density at radius 2 is 2.09 bits per heavy atom. The Hall–Kier alpha value is -1.88. The van der Waals surface area contributed by atoms with Crippen LogP contribution in [0, 0.1) is 5.82 Å². The van der Waals surface area contributed by atoms with Crippen molar-refractivity contribution in [2.75, 3.05) is 26.3 Å². The van der Waals surface area contributed by atoms with Crippen LogP contribution in [-0.4, -0.2) is 32.3 Å². The second-order valence-corrected chi connectivity index (χ2v) is 5.19. The Morgan fingerprint density at radius 3 is 2.77 bits per heavy atom. The van der Waals surface area contributed by atoms with Gasteiger partial charge in [0.1, 0.15) is 5.82 Å². The van der Waals surface area contributed by atoms with Crippen molar-refractivity contribution in [1.82, 2.24) is 10.6 Å². The number of benzene rings is 1. The van der Waals surface area contributed by atoms with Crippen LogP contribution in [0.15, 0.2) is 40.9 Å². The summed E-state index contributed by atoms with van der Waals surface area (Å²) in [6.07, 6.45) is 4.18. The summed E-state index contributed by atoms with van der Waals surface area (Å²) in [6.45, 7) is 5.79. The van der Waals surface area contributed by atoms with Crippen LogP contribution in [0.2, 0.25) is 0 Å². The minimum Gasteiger partial charge on any atom is -0.377 e. The largest absolute Gasteiger partial charge is 0.377 e. The molecule has 22 heavy (non-hydrogen) atoms. The van der Waals surface area contributed by atoms with E-state index in [4.69, 9.17) is 4.74 Å². The Labute approximate surface area is 131 Å². The fourth-order valence-corrected chi connectivity index (χ4v) is 2.24. The van der Waals surface area contributed by atoms with Crippen LogP contribution in [0.1, 0.15) is 25.3 Å². The van der Waals surface area contributed by atoms with E-state index < -0.39 is 0 Å². The highest BCUT2D eigenvalue weighted by molar-refractivity contribution is 5.79. The van der Waals surface area contributed by atoms with E-state index in [0.29, 0.717) is 6.54 Å². The summed E-state index contributed by atoms with van der Waals surface area (Å²) in [7, 11) is 0. The zero-order valence-corrected chi connectivity index (χ0v) is 13.1. The summed E-state index contributed by atoms with van der Waals surface area (Å²) in [5, 5.41) is 6.56. The smallest absolute Gasteiger partial charge is 0.191 e. The van der Waals surface area contributed by atoms with E-state index in [-0.39, 0.29) is 5.82 Å². The van der Waals surface area contributed by atoms with Crippen LogP contribution in [0.4, 0.5) is 4.39 Å². The van der Waals surface area contributed by atoms with Crippen LogP contribution in [0.3, 0.4) is 0 Å². The summed E-state index contributed by atoms with van der Waals surface area (Å²) >= 11 is 0. The van der Waals surface area contributed by atoms with E-state index >= 15 is 0 Å². The fraction of sp³-hybridized carbons (Fsp3) is 0.471. The molecule has 0 saturated heterocycles. The van der Waals surface area contributed by atoms with Gasteiger partial charge in [0.15, 0.2) is 5.96 Å². The molecule has 0 radical (unpaired) electrons. The highest BCUT2D eigenvalue weighted by atomic mass is 19.1. The maximum atomic E-state index is 12.9. The van der Waals surface area contributed by atoms with Gasteiger partial charge < -0.3 is 15.4 Å². The zero-order valence-electron chi connectivity index (χ0n) is 13.1. The van der Waals surface area contributed by atoms with Gasteiger partial charge in [0.25, 0.3) is 0 Å². The van der Waals surface area contributed by atoms with Gasteiger partial charge in [0.2, 0.25) is 0 Å². The first-order chi connectivity index (χ1) is 10.8. The molecule has 0 fully saturated rings. The molecule has 0 unspecified atom stereocenters. The maximum Gasteiger partial charge on any atom is 0.191 e. The second-order valence-electron chi connectivity index (χ2n) is 5.19. The maximum absolute atomic E-state index is 12.9. The van der Waals surface area contributed by atoms with Gasteiger partial charge in [-0.15, -0.1) is 0 Å². The molecule has 0 amide bonds. The van der Waals surface area contributed by atoms with Crippen molar-refractivity contribution in [2.24, 2.45) is 4.99 Å². The fourth-order valence-electron chi connectivity index (χ4n) is 2.24. The number of aliphatic imine (C=N–C) groups is 1. The SMILES string of the molecule is CCNC(=NCc1ccc(F)cc1)NCCC1=CCOCC1. The Balaban J connectivity index is 1.81. The summed E-state index contributed by atoms with van der Waals surface area (Å²) < 4.78 is 18.2. The molecule has 0 aliphatic carbocycles. The van der Waals surface area contributed by atoms with E-state index in [1.807, 2.05) is 6.92 Å². The molecule has 4 nitrogen and oxygen atoms in total. The van der Waals surface area contributed by atoms with Crippen molar-refractivity contribution in [1.29, 1.82) is 0 Å². The molecule has 0 spiro atoms. The molecule has 1 aliphatic rings. The van der Waals surface area contributed by atoms with Crippen LogP contribution in [0.25, 0.3) is 0 Å². The van der Waals surface area contributed by atoms with Gasteiger partial charge in [-0.1, -0.05) is 23.8 Å². The van der Waals surface area contributed by atoms with Gasteiger partial charge >= 0.3 is 0 Å². The van der Waals surface area contributed by atoms with Crippen molar-refractivity contribution in [3.8, 4) is 0 Å². The molecule has 2 N–H and O–H groups in total. The van der Waals surface area contributed by atoms with Crippen molar-refractivity contribution >= 4 is 5.96 Å². The first kappa shape index (κ1) is 16.5. The third-order valence-electron chi connectivity index (χ3n) is 3.47. The lowest BCUT2D eigenvalue weighted by atomic mass is 10.1. The molecule has 120 valence electrons. The number of hydrogen-bond donors (Lipinski definition) is 2. The molecule has 0 saturated carbocycles. The van der Waals surface area contributed by atoms with E-state index in [0.717, 1.165) is 50.7 Å². The highest BCUT2D eigenvalue weighted by Gasteiger charge is 2.04. The third-order valence-corrected chi connectivity index (χ3v) is 3.47. The minimum absolute atomic E-state index is 0.220. The predicted molar refractivity (Wildman–Crippen MR) is 87.4 cm³/mol. The summed E-state index contributed by atoms with van der Waals surface area (Å²) in [5.41, 5.74) is 2.43. The topological polar surface area (TPSA) is 45.7 Å². The van der Waals surface area contributed by atoms with E-state index in [9.17, 15) is 4.39 Å². The van der Waals surface area contributed by atoms with Crippen molar-refractivity contribution < 1.29 is 9.13 Å². The van der Waals surface area contributed by atoms with Gasteiger partial charge in [-0.25, -0.2) is 9.38 Å². The Kier molecular flexibility index (Phi) is 6.90. The Morgan fingerprint density at radius 1 is 1.27 bits per heavy atom. The van der Waals surface area contributed by atoms with Crippen LogP contribution < -0.4 is 10.6 Å². The number of rotatable bonds is 6. The first-order valence-electron chi connectivity index (χ1n) is 7.80. The summed E-state index contributed by atoms with van der Waals surface area (Å²) in [4.78, 5) is 4.52. The number of nitrogens with zero attached hydrogens (tertiary/aromatic N) is 1.